The second-order valence-electron chi connectivity index (χ2n) is 19.0. The van der Waals surface area contributed by atoms with E-state index in [1.165, 1.54) is 154 Å². The Hall–Kier alpha value is -1.20. The third kappa shape index (κ3) is 33.9. The Bertz CT molecular complexity index is 1230. The van der Waals surface area contributed by atoms with Gasteiger partial charge in [-0.15, -0.1) is 0 Å². The van der Waals surface area contributed by atoms with E-state index < -0.39 is 78.5 Å². The molecule has 0 saturated carbocycles. The van der Waals surface area contributed by atoms with E-state index in [0.29, 0.717) is 19.3 Å². The molecule has 7 N–H and O–H groups in total. The molecule has 1 aliphatic rings. The summed E-state index contributed by atoms with van der Waals surface area (Å²) < 4.78 is 47.7. The Morgan fingerprint density at radius 1 is 0.600 bits per heavy atom. The summed E-state index contributed by atoms with van der Waals surface area (Å²) >= 11 is 0. The van der Waals surface area contributed by atoms with Crippen LogP contribution in [0, 0.1) is 0 Å². The van der Waals surface area contributed by atoms with E-state index in [4.69, 9.17) is 9.47 Å². The van der Waals surface area contributed by atoms with E-state index in [1.54, 1.807) is 0 Å². The van der Waals surface area contributed by atoms with Crippen LogP contribution in [0.3, 0.4) is 0 Å². The van der Waals surface area contributed by atoms with E-state index in [2.05, 4.69) is 35.5 Å². The maximum Gasteiger partial charge on any atom is 0.397 e. The van der Waals surface area contributed by atoms with Gasteiger partial charge in [0.2, 0.25) is 5.91 Å². The molecule has 1 heterocycles. The maximum absolute atomic E-state index is 13.2. The summed E-state index contributed by atoms with van der Waals surface area (Å²) in [6.07, 6.45) is 35.3. The highest BCUT2D eigenvalue weighted by Gasteiger charge is 2.48. The van der Waals surface area contributed by atoms with E-state index in [-0.39, 0.29) is 6.42 Å². The smallest absolute Gasteiger partial charge is 0.394 e. The second kappa shape index (κ2) is 41.7. The van der Waals surface area contributed by atoms with Crippen LogP contribution in [0.2, 0.25) is 0 Å². The zero-order valence-electron chi connectivity index (χ0n) is 41.2. The molecule has 8 unspecified atom stereocenters. The fourth-order valence-electron chi connectivity index (χ4n) is 8.70. The number of allylic oxidation sites excluding steroid dienone is 2. The number of unbranched alkanes of at least 4 members (excludes halogenated alkanes) is 31. The van der Waals surface area contributed by atoms with Gasteiger partial charge < -0.3 is 40.3 Å². The molecule has 65 heavy (non-hydrogen) atoms. The highest BCUT2D eigenvalue weighted by molar-refractivity contribution is 7.80. The molecule has 1 fully saturated rings. The topological polar surface area (TPSA) is 212 Å². The molecule has 8 atom stereocenters. The first-order valence-electron chi connectivity index (χ1n) is 26.7. The number of carbonyl (C=O) groups excluding carboxylic acids is 1. The fraction of sp³-hybridized carbons (Fsp3) is 0.941. The molecule has 0 spiro atoms. The number of amides is 1. The summed E-state index contributed by atoms with van der Waals surface area (Å²) in [5, 5.41) is 55.6. The first-order chi connectivity index (χ1) is 31.4. The van der Waals surface area contributed by atoms with Crippen LogP contribution < -0.4 is 5.32 Å². The van der Waals surface area contributed by atoms with Crippen LogP contribution in [0.4, 0.5) is 0 Å². The molecule has 0 aromatic rings. The first kappa shape index (κ1) is 61.8. The number of hydrogen-bond acceptors (Lipinski definition) is 11. The predicted molar refractivity (Wildman–Crippen MR) is 261 cm³/mol. The monoisotopic (exact) mass is 950 g/mol. The highest BCUT2D eigenvalue weighted by Crippen LogP contribution is 2.26. The standard InChI is InChI=1S/C51H99NO12S/c1-3-5-7-9-11-13-15-17-19-21-22-24-25-27-29-31-33-35-37-39-44(54)43(42-62-51-48(57)49(64-65(59,60)61)47(56)46(41-53)63-51)52-50(58)45(55)40-38-36-34-32-30-28-26-23-20-18-16-14-12-10-8-6-4-2/h26,28,43-49,51,53-57H,3-25,27,29-42H2,1-2H3,(H,52,58)(H,59,60,61)/b28-26-. The van der Waals surface area contributed by atoms with E-state index >= 15 is 0 Å². The molecule has 0 aromatic carbocycles. The molecule has 14 heteroatoms. The number of aliphatic hydroxyl groups excluding tert-OH is 5. The fourth-order valence-corrected chi connectivity index (χ4v) is 9.21. The average molecular weight is 950 g/mol. The van der Waals surface area contributed by atoms with E-state index in [9.17, 15) is 43.3 Å². The van der Waals surface area contributed by atoms with E-state index in [1.807, 2.05) is 0 Å². The van der Waals surface area contributed by atoms with Crippen LogP contribution in [0.5, 0.6) is 0 Å². The zero-order chi connectivity index (χ0) is 47.8. The predicted octanol–water partition coefficient (Wildman–Crippen LogP) is 10.5. The zero-order valence-corrected chi connectivity index (χ0v) is 42.0. The minimum atomic E-state index is -5.11. The van der Waals surface area contributed by atoms with Gasteiger partial charge in [0.15, 0.2) is 6.29 Å². The highest BCUT2D eigenvalue weighted by atomic mass is 32.3. The summed E-state index contributed by atoms with van der Waals surface area (Å²) in [6, 6.07) is -1.04. The molecule has 0 radical (unpaired) electrons. The first-order valence-corrected chi connectivity index (χ1v) is 28.0. The Labute approximate surface area is 396 Å². The lowest BCUT2D eigenvalue weighted by molar-refractivity contribution is -0.298. The van der Waals surface area contributed by atoms with Gasteiger partial charge in [-0.3, -0.25) is 9.35 Å². The van der Waals surface area contributed by atoms with Crippen molar-refractivity contribution >= 4 is 16.3 Å². The Morgan fingerprint density at radius 3 is 1.38 bits per heavy atom. The van der Waals surface area contributed by atoms with Gasteiger partial charge in [-0.2, -0.15) is 8.42 Å². The molecular formula is C51H99NO12S. The van der Waals surface area contributed by atoms with Crippen molar-refractivity contribution in [3.8, 4) is 0 Å². The van der Waals surface area contributed by atoms with Gasteiger partial charge in [-0.25, -0.2) is 4.18 Å². The lowest BCUT2D eigenvalue weighted by Crippen LogP contribution is -2.61. The molecule has 386 valence electrons. The number of rotatable bonds is 46. The Balaban J connectivity index is 2.48. The van der Waals surface area contributed by atoms with Crippen LogP contribution in [0.1, 0.15) is 245 Å². The van der Waals surface area contributed by atoms with Crippen molar-refractivity contribution in [1.82, 2.24) is 5.32 Å². The van der Waals surface area contributed by atoms with Crippen molar-refractivity contribution in [2.24, 2.45) is 0 Å². The number of hydrogen-bond donors (Lipinski definition) is 7. The van der Waals surface area contributed by atoms with Crippen molar-refractivity contribution in [2.75, 3.05) is 13.2 Å². The SMILES string of the molecule is CCCCCCCCCCC/C=C\CCCCCCC(O)C(=O)NC(COC1OC(CO)C(O)C(OS(=O)(=O)O)C1O)C(O)CCCCCCCCCCCCCCCCCCCCC. The van der Waals surface area contributed by atoms with Gasteiger partial charge in [0, 0.05) is 0 Å². The third-order valence-electron chi connectivity index (χ3n) is 12.9. The molecule has 0 aliphatic carbocycles. The van der Waals surface area contributed by atoms with Gasteiger partial charge in [0.25, 0.3) is 0 Å². The van der Waals surface area contributed by atoms with Gasteiger partial charge in [-0.1, -0.05) is 219 Å². The van der Waals surface area contributed by atoms with Gasteiger partial charge >= 0.3 is 10.4 Å². The van der Waals surface area contributed by atoms with E-state index in [0.717, 1.165) is 51.4 Å². The van der Waals surface area contributed by atoms with Gasteiger partial charge in [0.1, 0.15) is 30.5 Å². The quantitative estimate of drug-likeness (QED) is 0.0173. The molecule has 0 aromatic heterocycles. The second-order valence-corrected chi connectivity index (χ2v) is 20.0. The van der Waals surface area contributed by atoms with Crippen LogP contribution in [0.25, 0.3) is 0 Å². The van der Waals surface area contributed by atoms with Crippen molar-refractivity contribution < 1.29 is 57.0 Å². The third-order valence-corrected chi connectivity index (χ3v) is 13.4. The molecule has 1 amide bonds. The Morgan fingerprint density at radius 2 is 0.985 bits per heavy atom. The van der Waals surface area contributed by atoms with Crippen LogP contribution in [-0.4, -0.2) is 107 Å². The number of ether oxygens (including phenoxy) is 2. The summed E-state index contributed by atoms with van der Waals surface area (Å²) in [5.74, 6) is -0.674. The lowest BCUT2D eigenvalue weighted by atomic mass is 9.99. The Kier molecular flexibility index (Phi) is 39.7. The molecule has 0 bridgehead atoms. The number of nitrogens with one attached hydrogen (secondary N) is 1. The van der Waals surface area contributed by atoms with Crippen LogP contribution in [0.15, 0.2) is 12.2 Å². The molecule has 1 rings (SSSR count). The van der Waals surface area contributed by atoms with Crippen molar-refractivity contribution in [3.63, 3.8) is 0 Å². The van der Waals surface area contributed by atoms with Crippen molar-refractivity contribution in [3.05, 3.63) is 12.2 Å². The van der Waals surface area contributed by atoms with Crippen molar-refractivity contribution in [1.29, 1.82) is 0 Å². The number of aliphatic hydroxyl groups is 5. The summed E-state index contributed by atoms with van der Waals surface area (Å²) in [5.41, 5.74) is 0. The summed E-state index contributed by atoms with van der Waals surface area (Å²) in [7, 11) is -5.11. The molecule has 1 aliphatic heterocycles. The molecule has 13 nitrogen and oxygen atoms in total. The molecular weight excluding hydrogens is 851 g/mol. The normalized spacial score (nSPS) is 20.6. The molecule has 1 saturated heterocycles. The largest absolute Gasteiger partial charge is 0.397 e. The lowest BCUT2D eigenvalue weighted by Gasteiger charge is -2.41. The summed E-state index contributed by atoms with van der Waals surface area (Å²) in [4.78, 5) is 13.2. The maximum atomic E-state index is 13.2. The summed E-state index contributed by atoms with van der Waals surface area (Å²) in [6.45, 7) is 3.31. The van der Waals surface area contributed by atoms with Gasteiger partial charge in [0.05, 0.1) is 25.4 Å². The van der Waals surface area contributed by atoms with Crippen molar-refractivity contribution in [2.45, 2.75) is 294 Å². The average Bonchev–Trinajstić information content (AvgIpc) is 3.28. The minimum Gasteiger partial charge on any atom is -0.394 e. The van der Waals surface area contributed by atoms with Crippen LogP contribution in [-0.2, 0) is 28.9 Å². The van der Waals surface area contributed by atoms with Crippen LogP contribution >= 0.6 is 0 Å². The minimum absolute atomic E-state index is 0.248. The van der Waals surface area contributed by atoms with Gasteiger partial charge in [-0.05, 0) is 38.5 Å². The number of carbonyl (C=O) groups is 1.